The molecule has 32 heavy (non-hydrogen) atoms. The highest BCUT2D eigenvalue weighted by Gasteiger charge is 2.14. The minimum atomic E-state index is -0.215. The van der Waals surface area contributed by atoms with Crippen LogP contribution in [0.1, 0.15) is 38.8 Å². The normalized spacial score (nSPS) is 10.7. The van der Waals surface area contributed by atoms with Gasteiger partial charge in [0.05, 0.1) is 5.52 Å². The third-order valence-electron chi connectivity index (χ3n) is 5.20. The molecule has 1 heterocycles. The lowest BCUT2D eigenvalue weighted by Crippen LogP contribution is -2.23. The number of aromatic nitrogens is 1. The first-order valence-corrected chi connectivity index (χ1v) is 10.5. The van der Waals surface area contributed by atoms with E-state index in [1.165, 1.54) is 6.92 Å². The zero-order valence-electron chi connectivity index (χ0n) is 17.7. The Labute approximate surface area is 191 Å². The van der Waals surface area contributed by atoms with Gasteiger partial charge in [-0.25, -0.2) is 0 Å². The summed E-state index contributed by atoms with van der Waals surface area (Å²) in [6.07, 6.45) is 1.66. The molecule has 0 aliphatic carbocycles. The average molecular weight is 445 g/mol. The zero-order valence-corrected chi connectivity index (χ0v) is 18.4. The van der Waals surface area contributed by atoms with Gasteiger partial charge in [0, 0.05) is 39.8 Å². The second kappa shape index (κ2) is 9.20. The Hall–Kier alpha value is -3.70. The first-order chi connectivity index (χ1) is 15.4. The molecule has 4 aromatic rings. The summed E-state index contributed by atoms with van der Waals surface area (Å²) in [7, 11) is 0. The lowest BCUT2D eigenvalue weighted by atomic mass is 10.1. The maximum atomic E-state index is 12.9. The topological polar surface area (TPSA) is 68.3 Å². The molecule has 6 heteroatoms. The maximum absolute atomic E-state index is 12.9. The van der Waals surface area contributed by atoms with Crippen molar-refractivity contribution >= 4 is 34.2 Å². The standard InChI is InChI=1S/C26H21ClN2O3/c1-16-21(26(31)29-15-18-5-3-6-19(13-18)17(2)30)7-4-8-24(16)32-25-11-12-28-23-14-20(27)9-10-22(23)25/h3-14H,15H2,1-2H3,(H,29,31). The predicted molar refractivity (Wildman–Crippen MR) is 126 cm³/mol. The van der Waals surface area contributed by atoms with E-state index in [1.54, 1.807) is 48.7 Å². The van der Waals surface area contributed by atoms with E-state index in [0.717, 1.165) is 22.0 Å². The first-order valence-electron chi connectivity index (χ1n) is 10.1. The molecule has 0 saturated heterocycles. The summed E-state index contributed by atoms with van der Waals surface area (Å²) in [5, 5.41) is 4.35. The number of hydrogen-bond acceptors (Lipinski definition) is 4. The lowest BCUT2D eigenvalue weighted by molar-refractivity contribution is 0.0949. The number of ether oxygens (including phenoxy) is 1. The van der Waals surface area contributed by atoms with E-state index in [2.05, 4.69) is 10.3 Å². The zero-order chi connectivity index (χ0) is 22.7. The van der Waals surface area contributed by atoms with Gasteiger partial charge in [-0.3, -0.25) is 14.6 Å². The number of carbonyl (C=O) groups is 2. The van der Waals surface area contributed by atoms with Crippen molar-refractivity contribution in [2.75, 3.05) is 0 Å². The van der Waals surface area contributed by atoms with Crippen LogP contribution in [-0.2, 0) is 6.54 Å². The molecule has 5 nitrogen and oxygen atoms in total. The van der Waals surface area contributed by atoms with E-state index in [1.807, 2.05) is 31.2 Å². The number of nitrogens with zero attached hydrogens (tertiary/aromatic N) is 1. The number of carbonyl (C=O) groups excluding carboxylic acids is 2. The Balaban J connectivity index is 1.54. The summed E-state index contributed by atoms with van der Waals surface area (Å²) in [4.78, 5) is 28.8. The highest BCUT2D eigenvalue weighted by molar-refractivity contribution is 6.31. The molecule has 0 aliphatic heterocycles. The molecule has 0 unspecified atom stereocenters. The number of benzene rings is 3. The summed E-state index contributed by atoms with van der Waals surface area (Å²) in [5.41, 5.74) is 3.45. The van der Waals surface area contributed by atoms with Crippen molar-refractivity contribution in [3.05, 3.63) is 100 Å². The van der Waals surface area contributed by atoms with Crippen molar-refractivity contribution < 1.29 is 14.3 Å². The molecular weight excluding hydrogens is 424 g/mol. The minimum absolute atomic E-state index is 0.00946. The van der Waals surface area contributed by atoms with Crippen molar-refractivity contribution in [3.63, 3.8) is 0 Å². The first kappa shape index (κ1) is 21.5. The molecule has 0 saturated carbocycles. The van der Waals surface area contributed by atoms with Gasteiger partial charge < -0.3 is 10.1 Å². The molecule has 0 aliphatic rings. The molecule has 1 aromatic heterocycles. The third kappa shape index (κ3) is 4.63. The van der Waals surface area contributed by atoms with E-state index in [4.69, 9.17) is 16.3 Å². The fourth-order valence-electron chi connectivity index (χ4n) is 3.45. The van der Waals surface area contributed by atoms with E-state index in [9.17, 15) is 9.59 Å². The van der Waals surface area contributed by atoms with Gasteiger partial charge in [0.2, 0.25) is 0 Å². The molecule has 4 rings (SSSR count). The fraction of sp³-hybridized carbons (Fsp3) is 0.115. The van der Waals surface area contributed by atoms with Crippen LogP contribution in [0.5, 0.6) is 11.5 Å². The number of halogens is 1. The van der Waals surface area contributed by atoms with Gasteiger partial charge in [-0.05, 0) is 61.9 Å². The highest BCUT2D eigenvalue weighted by Crippen LogP contribution is 2.32. The molecule has 0 atom stereocenters. The number of rotatable bonds is 6. The molecule has 1 amide bonds. The molecule has 0 fully saturated rings. The summed E-state index contributed by atoms with van der Waals surface area (Å²) >= 11 is 6.07. The summed E-state index contributed by atoms with van der Waals surface area (Å²) in [6.45, 7) is 3.69. The molecule has 0 spiro atoms. The Kier molecular flexibility index (Phi) is 6.19. The van der Waals surface area contributed by atoms with Crippen LogP contribution in [0, 0.1) is 6.92 Å². The van der Waals surface area contributed by atoms with Crippen molar-refractivity contribution in [1.82, 2.24) is 10.3 Å². The third-order valence-corrected chi connectivity index (χ3v) is 5.44. The number of fused-ring (bicyclic) bond motifs is 1. The molecule has 3 aromatic carbocycles. The van der Waals surface area contributed by atoms with Crippen LogP contribution in [-0.4, -0.2) is 16.7 Å². The van der Waals surface area contributed by atoms with Gasteiger partial charge in [0.1, 0.15) is 11.5 Å². The van der Waals surface area contributed by atoms with E-state index >= 15 is 0 Å². The number of Topliss-reactive ketones (excluding diaryl/α,β-unsaturated/α-hetero) is 1. The lowest BCUT2D eigenvalue weighted by Gasteiger charge is -2.14. The monoisotopic (exact) mass is 444 g/mol. The number of amides is 1. The van der Waals surface area contributed by atoms with E-state index in [0.29, 0.717) is 34.2 Å². The second-order valence-electron chi connectivity index (χ2n) is 7.44. The Morgan fingerprint density at radius 2 is 1.81 bits per heavy atom. The van der Waals surface area contributed by atoms with Gasteiger partial charge in [-0.2, -0.15) is 0 Å². The summed E-state index contributed by atoms with van der Waals surface area (Å²) in [6, 6.07) is 19.8. The highest BCUT2D eigenvalue weighted by atomic mass is 35.5. The van der Waals surface area contributed by atoms with Gasteiger partial charge in [-0.15, -0.1) is 0 Å². The van der Waals surface area contributed by atoms with Crippen molar-refractivity contribution in [2.45, 2.75) is 20.4 Å². The van der Waals surface area contributed by atoms with Gasteiger partial charge in [-0.1, -0.05) is 35.9 Å². The van der Waals surface area contributed by atoms with Crippen molar-refractivity contribution in [2.24, 2.45) is 0 Å². The van der Waals surface area contributed by atoms with Crippen LogP contribution in [0.2, 0.25) is 5.02 Å². The fourth-order valence-corrected chi connectivity index (χ4v) is 3.62. The molecule has 0 bridgehead atoms. The van der Waals surface area contributed by atoms with Gasteiger partial charge in [0.25, 0.3) is 5.91 Å². The van der Waals surface area contributed by atoms with Crippen LogP contribution in [0.3, 0.4) is 0 Å². The van der Waals surface area contributed by atoms with Crippen LogP contribution in [0.15, 0.2) is 72.9 Å². The second-order valence-corrected chi connectivity index (χ2v) is 7.88. The van der Waals surface area contributed by atoms with E-state index in [-0.39, 0.29) is 11.7 Å². The van der Waals surface area contributed by atoms with E-state index < -0.39 is 0 Å². The predicted octanol–water partition coefficient (Wildman–Crippen LogP) is 6.12. The SMILES string of the molecule is CC(=O)c1cccc(CNC(=O)c2cccc(Oc3ccnc4cc(Cl)ccc34)c2C)c1. The number of ketones is 1. The average Bonchev–Trinajstić information content (AvgIpc) is 2.79. The van der Waals surface area contributed by atoms with Crippen molar-refractivity contribution in [1.29, 1.82) is 0 Å². The Bertz CT molecular complexity index is 1330. The molecule has 160 valence electrons. The molecule has 0 radical (unpaired) electrons. The number of nitrogens with one attached hydrogen (secondary N) is 1. The maximum Gasteiger partial charge on any atom is 0.251 e. The minimum Gasteiger partial charge on any atom is -0.456 e. The summed E-state index contributed by atoms with van der Waals surface area (Å²) < 4.78 is 6.16. The Morgan fingerprint density at radius 3 is 2.62 bits per heavy atom. The number of hydrogen-bond donors (Lipinski definition) is 1. The largest absolute Gasteiger partial charge is 0.456 e. The van der Waals surface area contributed by atoms with Crippen LogP contribution >= 0.6 is 11.6 Å². The van der Waals surface area contributed by atoms with Crippen LogP contribution < -0.4 is 10.1 Å². The quantitative estimate of drug-likeness (QED) is 0.364. The Morgan fingerprint density at radius 1 is 1.00 bits per heavy atom. The van der Waals surface area contributed by atoms with Crippen molar-refractivity contribution in [3.8, 4) is 11.5 Å². The van der Waals surface area contributed by atoms with Gasteiger partial charge in [0.15, 0.2) is 5.78 Å². The molecular formula is C26H21ClN2O3. The molecule has 1 N–H and O–H groups in total. The van der Waals surface area contributed by atoms with Crippen LogP contribution in [0.25, 0.3) is 10.9 Å². The summed E-state index contributed by atoms with van der Waals surface area (Å²) in [5.74, 6) is 0.990. The van der Waals surface area contributed by atoms with Gasteiger partial charge >= 0.3 is 0 Å². The smallest absolute Gasteiger partial charge is 0.251 e. The van der Waals surface area contributed by atoms with Crippen LogP contribution in [0.4, 0.5) is 0 Å². The number of pyridine rings is 1.